The molecule has 0 aliphatic heterocycles. The molecule has 36 heavy (non-hydrogen) atoms. The molecule has 1 N–H and O–H groups in total. The number of hydrogen-bond donors (Lipinski definition) is 1. The Morgan fingerprint density at radius 3 is 1.72 bits per heavy atom. The Bertz CT molecular complexity index is 1210. The Morgan fingerprint density at radius 1 is 0.528 bits per heavy atom. The average molecular weight is 484 g/mol. The Labute approximate surface area is 213 Å². The van der Waals surface area contributed by atoms with Crippen LogP contribution in [-0.4, -0.2) is 20.8 Å². The number of methoxy groups -OCH3 is 2. The predicted molar refractivity (Wildman–Crippen MR) is 143 cm³/mol. The molecule has 5 heteroatoms. The predicted octanol–water partition coefficient (Wildman–Crippen LogP) is 6.19. The third kappa shape index (κ3) is 7.27. The Morgan fingerprint density at radius 2 is 1.08 bits per heavy atom. The number of ether oxygens (including phenoxy) is 4. The molecule has 0 saturated heterocycles. The zero-order chi connectivity index (χ0) is 25.0. The minimum atomic E-state index is 0.506. The lowest BCUT2D eigenvalue weighted by atomic mass is 10.1. The summed E-state index contributed by atoms with van der Waals surface area (Å²) >= 11 is 0. The van der Waals surface area contributed by atoms with Crippen molar-refractivity contribution in [1.82, 2.24) is 5.32 Å². The molecule has 5 nitrogen and oxygen atoms in total. The second-order valence-electron chi connectivity index (χ2n) is 8.45. The summed E-state index contributed by atoms with van der Waals surface area (Å²) < 4.78 is 23.1. The van der Waals surface area contributed by atoms with Crippen LogP contribution >= 0.6 is 0 Å². The SMILES string of the molecule is COc1cc(CNCCc2ccc(OC)c(OCc3ccccc3)c2)ccc1OCc1ccccc1. The van der Waals surface area contributed by atoms with Crippen LogP contribution in [0.25, 0.3) is 0 Å². The van der Waals surface area contributed by atoms with Gasteiger partial charge in [-0.15, -0.1) is 0 Å². The molecule has 0 aliphatic rings. The van der Waals surface area contributed by atoms with Gasteiger partial charge in [0, 0.05) is 6.54 Å². The van der Waals surface area contributed by atoms with E-state index in [2.05, 4.69) is 35.6 Å². The molecule has 0 amide bonds. The van der Waals surface area contributed by atoms with Gasteiger partial charge in [0.1, 0.15) is 13.2 Å². The molecule has 4 aromatic carbocycles. The lowest BCUT2D eigenvalue weighted by Crippen LogP contribution is -2.16. The second kappa shape index (κ2) is 13.2. The first-order chi connectivity index (χ1) is 17.7. The summed E-state index contributed by atoms with van der Waals surface area (Å²) in [6, 6.07) is 32.4. The first-order valence-corrected chi connectivity index (χ1v) is 12.1. The van der Waals surface area contributed by atoms with Crippen LogP contribution in [0, 0.1) is 0 Å². The Balaban J connectivity index is 1.27. The van der Waals surface area contributed by atoms with Crippen LogP contribution in [0.15, 0.2) is 97.1 Å². The fourth-order valence-electron chi connectivity index (χ4n) is 3.87. The monoisotopic (exact) mass is 483 g/mol. The van der Waals surface area contributed by atoms with E-state index in [4.69, 9.17) is 18.9 Å². The summed E-state index contributed by atoms with van der Waals surface area (Å²) in [4.78, 5) is 0. The van der Waals surface area contributed by atoms with Crippen molar-refractivity contribution in [1.29, 1.82) is 0 Å². The molecule has 0 aliphatic carbocycles. The topological polar surface area (TPSA) is 49.0 Å². The van der Waals surface area contributed by atoms with Crippen LogP contribution in [0.5, 0.6) is 23.0 Å². The van der Waals surface area contributed by atoms with Gasteiger partial charge in [0.25, 0.3) is 0 Å². The lowest BCUT2D eigenvalue weighted by Gasteiger charge is -2.14. The first kappa shape index (κ1) is 25.1. The smallest absolute Gasteiger partial charge is 0.161 e. The van der Waals surface area contributed by atoms with Gasteiger partial charge in [0.15, 0.2) is 23.0 Å². The molecule has 0 fully saturated rings. The Kier molecular flexibility index (Phi) is 9.23. The van der Waals surface area contributed by atoms with E-state index in [1.165, 1.54) is 5.56 Å². The van der Waals surface area contributed by atoms with E-state index >= 15 is 0 Å². The van der Waals surface area contributed by atoms with Gasteiger partial charge in [-0.05, 0) is 59.5 Å². The van der Waals surface area contributed by atoms with Crippen LogP contribution in [0.4, 0.5) is 0 Å². The van der Waals surface area contributed by atoms with Crippen molar-refractivity contribution < 1.29 is 18.9 Å². The maximum Gasteiger partial charge on any atom is 0.161 e. The van der Waals surface area contributed by atoms with Crippen LogP contribution < -0.4 is 24.3 Å². The molecular weight excluding hydrogens is 450 g/mol. The van der Waals surface area contributed by atoms with Crippen LogP contribution in [0.3, 0.4) is 0 Å². The molecule has 186 valence electrons. The molecule has 0 unspecified atom stereocenters. The van der Waals surface area contributed by atoms with Gasteiger partial charge in [-0.2, -0.15) is 0 Å². The minimum absolute atomic E-state index is 0.506. The summed E-state index contributed by atoms with van der Waals surface area (Å²) in [5, 5.41) is 3.52. The number of rotatable bonds is 13. The molecule has 4 rings (SSSR count). The summed E-state index contributed by atoms with van der Waals surface area (Å²) in [5.74, 6) is 2.98. The first-order valence-electron chi connectivity index (χ1n) is 12.1. The third-order valence-corrected chi connectivity index (χ3v) is 5.85. The van der Waals surface area contributed by atoms with E-state index in [-0.39, 0.29) is 0 Å². The van der Waals surface area contributed by atoms with Gasteiger partial charge < -0.3 is 24.3 Å². The normalized spacial score (nSPS) is 10.6. The maximum atomic E-state index is 6.04. The molecule has 0 atom stereocenters. The Hall–Kier alpha value is -3.96. The number of benzene rings is 4. The molecular formula is C31H33NO4. The van der Waals surface area contributed by atoms with E-state index in [0.29, 0.717) is 13.2 Å². The van der Waals surface area contributed by atoms with Gasteiger partial charge in [0.2, 0.25) is 0 Å². The molecule has 0 heterocycles. The maximum absolute atomic E-state index is 6.04. The standard InChI is InChI=1S/C31H33NO4/c1-33-28-15-13-24(19-31(28)36-23-26-11-7-4-8-12-26)17-18-32-21-27-14-16-29(30(20-27)34-2)35-22-25-9-5-3-6-10-25/h3-16,19-20,32H,17-18,21-23H2,1-2H3. The van der Waals surface area contributed by atoms with Gasteiger partial charge >= 0.3 is 0 Å². The minimum Gasteiger partial charge on any atom is -0.493 e. The number of hydrogen-bond acceptors (Lipinski definition) is 5. The van der Waals surface area contributed by atoms with E-state index in [1.807, 2.05) is 66.7 Å². The fourth-order valence-corrected chi connectivity index (χ4v) is 3.87. The average Bonchev–Trinajstić information content (AvgIpc) is 2.94. The lowest BCUT2D eigenvalue weighted by molar-refractivity contribution is 0.284. The quantitative estimate of drug-likeness (QED) is 0.230. The molecule has 4 aromatic rings. The molecule has 0 saturated carbocycles. The van der Waals surface area contributed by atoms with Crippen molar-refractivity contribution in [3.05, 3.63) is 119 Å². The van der Waals surface area contributed by atoms with Crippen LogP contribution in [0.1, 0.15) is 22.3 Å². The van der Waals surface area contributed by atoms with Gasteiger partial charge in [-0.1, -0.05) is 72.8 Å². The highest BCUT2D eigenvalue weighted by atomic mass is 16.5. The van der Waals surface area contributed by atoms with Crippen LogP contribution in [-0.2, 0) is 26.2 Å². The largest absolute Gasteiger partial charge is 0.493 e. The van der Waals surface area contributed by atoms with Crippen molar-refractivity contribution >= 4 is 0 Å². The molecule has 0 aromatic heterocycles. The van der Waals surface area contributed by atoms with E-state index in [9.17, 15) is 0 Å². The van der Waals surface area contributed by atoms with Crippen molar-refractivity contribution in [2.24, 2.45) is 0 Å². The summed E-state index contributed by atoms with van der Waals surface area (Å²) in [6.45, 7) is 2.58. The third-order valence-electron chi connectivity index (χ3n) is 5.85. The fraction of sp³-hybridized carbons (Fsp3) is 0.226. The van der Waals surface area contributed by atoms with Gasteiger partial charge in [-0.25, -0.2) is 0 Å². The molecule has 0 bridgehead atoms. The second-order valence-corrected chi connectivity index (χ2v) is 8.45. The summed E-state index contributed by atoms with van der Waals surface area (Å²) in [6.07, 6.45) is 0.876. The van der Waals surface area contributed by atoms with Crippen molar-refractivity contribution in [3.63, 3.8) is 0 Å². The zero-order valence-electron chi connectivity index (χ0n) is 20.9. The van der Waals surface area contributed by atoms with Crippen LogP contribution in [0.2, 0.25) is 0 Å². The highest BCUT2D eigenvalue weighted by Gasteiger charge is 2.08. The van der Waals surface area contributed by atoms with E-state index in [0.717, 1.165) is 59.2 Å². The highest BCUT2D eigenvalue weighted by Crippen LogP contribution is 2.30. The zero-order valence-corrected chi connectivity index (χ0v) is 20.9. The highest BCUT2D eigenvalue weighted by molar-refractivity contribution is 5.44. The van der Waals surface area contributed by atoms with Gasteiger partial charge in [0.05, 0.1) is 14.2 Å². The van der Waals surface area contributed by atoms with E-state index < -0.39 is 0 Å². The number of nitrogens with one attached hydrogen (secondary N) is 1. The van der Waals surface area contributed by atoms with Crippen molar-refractivity contribution in [2.75, 3.05) is 20.8 Å². The van der Waals surface area contributed by atoms with Crippen molar-refractivity contribution in [3.8, 4) is 23.0 Å². The van der Waals surface area contributed by atoms with Crippen molar-refractivity contribution in [2.45, 2.75) is 26.2 Å². The molecule has 0 radical (unpaired) electrons. The summed E-state index contributed by atoms with van der Waals surface area (Å²) in [7, 11) is 3.33. The molecule has 0 spiro atoms. The summed E-state index contributed by atoms with van der Waals surface area (Å²) in [5.41, 5.74) is 4.57. The van der Waals surface area contributed by atoms with E-state index in [1.54, 1.807) is 14.2 Å². The van der Waals surface area contributed by atoms with Gasteiger partial charge in [-0.3, -0.25) is 0 Å².